The Labute approximate surface area is 223 Å². The number of amides is 1. The number of ketones is 1. The van der Waals surface area contributed by atoms with Crippen LogP contribution in [0.1, 0.15) is 51.9 Å². The lowest BCUT2D eigenvalue weighted by Gasteiger charge is -2.23. The molecular weight excluding hydrogens is 508 g/mol. The lowest BCUT2D eigenvalue weighted by Crippen LogP contribution is -2.29. The molecule has 2 aromatic carbocycles. The maximum absolute atomic E-state index is 13.5. The number of ether oxygens (including phenoxy) is 3. The van der Waals surface area contributed by atoms with Crippen molar-refractivity contribution in [3.8, 4) is 11.5 Å². The molecule has 0 aliphatic carbocycles. The Morgan fingerprint density at radius 2 is 1.95 bits per heavy atom. The van der Waals surface area contributed by atoms with Crippen LogP contribution in [0.25, 0.3) is 5.76 Å². The first-order valence-corrected chi connectivity index (χ1v) is 12.9. The maximum Gasteiger partial charge on any atom is 0.350 e. The van der Waals surface area contributed by atoms with E-state index in [4.69, 9.17) is 14.2 Å². The summed E-state index contributed by atoms with van der Waals surface area (Å²) in [6.45, 7) is 5.48. The molecule has 2 aliphatic rings. The third kappa shape index (κ3) is 4.30. The fourth-order valence-electron chi connectivity index (χ4n) is 4.73. The standard InChI is InChI=1S/C28H26N2O7S/c1-5-36-27(34)25-15(3)29-28(38-25)30-22(16-6-9-19(35-4)10-7-16)21(24(32)26(30)33)23(31)17-8-11-20-18(13-17)12-14(2)37-20/h6-11,13-14,22,31H,5,12H2,1-4H3/b23-21+/t14-,22+/m1/s1. The highest BCUT2D eigenvalue weighted by atomic mass is 32.1. The Balaban J connectivity index is 1.66. The van der Waals surface area contributed by atoms with Gasteiger partial charge in [0.2, 0.25) is 0 Å². The summed E-state index contributed by atoms with van der Waals surface area (Å²) in [7, 11) is 1.54. The second-order valence-corrected chi connectivity index (χ2v) is 10.0. The molecule has 10 heteroatoms. The number of aliphatic hydroxyl groups excluding tert-OH is 1. The fourth-order valence-corrected chi connectivity index (χ4v) is 5.71. The first-order valence-electron chi connectivity index (χ1n) is 12.1. The molecule has 196 valence electrons. The molecule has 1 amide bonds. The van der Waals surface area contributed by atoms with Crippen LogP contribution in [-0.4, -0.2) is 47.6 Å². The van der Waals surface area contributed by atoms with Crippen molar-refractivity contribution in [3.05, 3.63) is 75.3 Å². The molecule has 0 bridgehead atoms. The molecule has 5 rings (SSSR count). The fraction of sp³-hybridized carbons (Fsp3) is 0.286. The monoisotopic (exact) mass is 534 g/mol. The molecule has 0 radical (unpaired) electrons. The molecule has 3 aromatic rings. The number of esters is 1. The maximum atomic E-state index is 13.5. The number of carbonyl (C=O) groups excluding carboxylic acids is 3. The van der Waals surface area contributed by atoms with Gasteiger partial charge in [0.25, 0.3) is 5.78 Å². The van der Waals surface area contributed by atoms with Crippen molar-refractivity contribution >= 4 is 39.9 Å². The van der Waals surface area contributed by atoms with E-state index in [9.17, 15) is 19.5 Å². The SMILES string of the molecule is CCOC(=O)c1sc(N2C(=O)C(=O)/C(=C(/O)c3ccc4c(c3)C[C@@H](C)O4)[C@@H]2c2ccc(OC)cc2)nc1C. The van der Waals surface area contributed by atoms with Gasteiger partial charge in [-0.2, -0.15) is 0 Å². The van der Waals surface area contributed by atoms with Crippen molar-refractivity contribution in [2.75, 3.05) is 18.6 Å². The van der Waals surface area contributed by atoms with Gasteiger partial charge in [-0.15, -0.1) is 0 Å². The number of rotatable bonds is 6. The van der Waals surface area contributed by atoms with Crippen LogP contribution in [0.2, 0.25) is 0 Å². The summed E-state index contributed by atoms with van der Waals surface area (Å²) in [5.41, 5.74) is 2.19. The van der Waals surface area contributed by atoms with E-state index in [1.807, 2.05) is 6.92 Å². The number of thiazole rings is 1. The minimum absolute atomic E-state index is 0.00834. The molecule has 1 N–H and O–H groups in total. The Bertz CT molecular complexity index is 1470. The molecule has 9 nitrogen and oxygen atoms in total. The van der Waals surface area contributed by atoms with Gasteiger partial charge in [-0.3, -0.25) is 14.5 Å². The number of hydrogen-bond donors (Lipinski definition) is 1. The smallest absolute Gasteiger partial charge is 0.350 e. The van der Waals surface area contributed by atoms with E-state index in [0.29, 0.717) is 29.0 Å². The van der Waals surface area contributed by atoms with E-state index < -0.39 is 23.7 Å². The third-order valence-electron chi connectivity index (χ3n) is 6.50. The number of benzene rings is 2. The van der Waals surface area contributed by atoms with Crippen molar-refractivity contribution in [2.24, 2.45) is 0 Å². The van der Waals surface area contributed by atoms with Gasteiger partial charge in [0.15, 0.2) is 5.13 Å². The quantitative estimate of drug-likeness (QED) is 0.211. The highest BCUT2D eigenvalue weighted by Gasteiger charge is 2.48. The van der Waals surface area contributed by atoms with E-state index in [0.717, 1.165) is 22.6 Å². The van der Waals surface area contributed by atoms with Crippen LogP contribution < -0.4 is 14.4 Å². The molecule has 0 spiro atoms. The highest BCUT2D eigenvalue weighted by Crippen LogP contribution is 2.44. The van der Waals surface area contributed by atoms with Crippen molar-refractivity contribution in [2.45, 2.75) is 39.3 Å². The number of carbonyl (C=O) groups is 3. The summed E-state index contributed by atoms with van der Waals surface area (Å²) >= 11 is 0.965. The number of aromatic nitrogens is 1. The van der Waals surface area contributed by atoms with E-state index in [1.165, 1.54) is 12.0 Å². The molecule has 2 atom stereocenters. The first kappa shape index (κ1) is 25.5. The molecule has 0 unspecified atom stereocenters. The van der Waals surface area contributed by atoms with Crippen molar-refractivity contribution in [1.29, 1.82) is 0 Å². The molecule has 2 aliphatic heterocycles. The number of hydrogen-bond acceptors (Lipinski definition) is 9. The minimum atomic E-state index is -0.982. The number of fused-ring (bicyclic) bond motifs is 1. The van der Waals surface area contributed by atoms with Crippen molar-refractivity contribution in [3.63, 3.8) is 0 Å². The summed E-state index contributed by atoms with van der Waals surface area (Å²) in [6, 6.07) is 11.1. The number of methoxy groups -OCH3 is 1. The van der Waals surface area contributed by atoms with Crippen LogP contribution in [-0.2, 0) is 20.7 Å². The predicted molar refractivity (Wildman–Crippen MR) is 141 cm³/mol. The van der Waals surface area contributed by atoms with Crippen LogP contribution in [0.5, 0.6) is 11.5 Å². The minimum Gasteiger partial charge on any atom is -0.507 e. The van der Waals surface area contributed by atoms with Gasteiger partial charge in [0.05, 0.1) is 31.0 Å². The van der Waals surface area contributed by atoms with Gasteiger partial charge < -0.3 is 19.3 Å². The molecule has 1 saturated heterocycles. The summed E-state index contributed by atoms with van der Waals surface area (Å²) in [5, 5.41) is 11.6. The third-order valence-corrected chi connectivity index (χ3v) is 7.63. The summed E-state index contributed by atoms with van der Waals surface area (Å²) in [4.78, 5) is 45.2. The molecule has 0 saturated carbocycles. The molecule has 3 heterocycles. The molecule has 1 fully saturated rings. The van der Waals surface area contributed by atoms with E-state index in [-0.39, 0.29) is 34.1 Å². The lowest BCUT2D eigenvalue weighted by atomic mass is 9.94. The molecule has 38 heavy (non-hydrogen) atoms. The number of Topliss-reactive ketones (excluding diaryl/α,β-unsaturated/α-hetero) is 1. The van der Waals surface area contributed by atoms with Gasteiger partial charge in [-0.05, 0) is 62.2 Å². The van der Waals surface area contributed by atoms with Gasteiger partial charge in [-0.25, -0.2) is 9.78 Å². The van der Waals surface area contributed by atoms with Crippen LogP contribution in [0.15, 0.2) is 48.0 Å². The second-order valence-electron chi connectivity index (χ2n) is 9.03. The number of nitrogens with zero attached hydrogens (tertiary/aromatic N) is 2. The Kier molecular flexibility index (Phi) is 6.66. The Morgan fingerprint density at radius 3 is 2.63 bits per heavy atom. The molecular formula is C28H26N2O7S. The van der Waals surface area contributed by atoms with E-state index in [2.05, 4.69) is 4.98 Å². The first-order chi connectivity index (χ1) is 18.2. The zero-order chi connectivity index (χ0) is 27.1. The average Bonchev–Trinajstić information content (AvgIpc) is 3.55. The predicted octanol–water partition coefficient (Wildman–Crippen LogP) is 4.59. The average molecular weight is 535 g/mol. The number of aliphatic hydroxyl groups is 1. The van der Waals surface area contributed by atoms with Gasteiger partial charge in [0.1, 0.15) is 28.2 Å². The molecule has 1 aromatic heterocycles. The van der Waals surface area contributed by atoms with Gasteiger partial charge in [-0.1, -0.05) is 23.5 Å². The number of aryl methyl sites for hydroxylation is 1. The van der Waals surface area contributed by atoms with E-state index in [1.54, 1.807) is 56.3 Å². The van der Waals surface area contributed by atoms with Crippen molar-refractivity contribution in [1.82, 2.24) is 4.98 Å². The Morgan fingerprint density at radius 1 is 1.21 bits per heavy atom. The van der Waals surface area contributed by atoms with Crippen LogP contribution in [0.4, 0.5) is 5.13 Å². The summed E-state index contributed by atoms with van der Waals surface area (Å²) in [6.07, 6.45) is 0.677. The largest absolute Gasteiger partial charge is 0.507 e. The summed E-state index contributed by atoms with van der Waals surface area (Å²) in [5.74, 6) is -1.23. The van der Waals surface area contributed by atoms with E-state index >= 15 is 0 Å². The normalized spacial score (nSPS) is 19.8. The second kappa shape index (κ2) is 9.94. The van der Waals surface area contributed by atoms with Crippen molar-refractivity contribution < 1.29 is 33.7 Å². The van der Waals surface area contributed by atoms with Gasteiger partial charge in [0, 0.05) is 12.0 Å². The highest BCUT2D eigenvalue weighted by molar-refractivity contribution is 7.17. The van der Waals surface area contributed by atoms with Crippen LogP contribution in [0, 0.1) is 6.92 Å². The number of anilines is 1. The van der Waals surface area contributed by atoms with Crippen LogP contribution in [0.3, 0.4) is 0 Å². The topological polar surface area (TPSA) is 115 Å². The van der Waals surface area contributed by atoms with Gasteiger partial charge >= 0.3 is 11.9 Å². The lowest BCUT2D eigenvalue weighted by molar-refractivity contribution is -0.132. The zero-order valence-electron chi connectivity index (χ0n) is 21.3. The zero-order valence-corrected chi connectivity index (χ0v) is 22.1. The van der Waals surface area contributed by atoms with Crippen LogP contribution >= 0.6 is 11.3 Å². The summed E-state index contributed by atoms with van der Waals surface area (Å²) < 4.78 is 16.1. The Hall–Kier alpha value is -4.18.